The fourth-order valence-electron chi connectivity index (χ4n) is 5.84. The third kappa shape index (κ3) is 3.44. The van der Waals surface area contributed by atoms with Crippen molar-refractivity contribution < 1.29 is 8.83 Å². The molecule has 0 unspecified atom stereocenters. The molecule has 8 rings (SSSR count). The van der Waals surface area contributed by atoms with Crippen LogP contribution in [0, 0.1) is 11.3 Å². The molecule has 186 valence electrons. The van der Waals surface area contributed by atoms with Crippen molar-refractivity contribution in [3.8, 4) is 39.4 Å². The number of furan rings is 2. The summed E-state index contributed by atoms with van der Waals surface area (Å²) in [5.74, 6) is 0. The first-order valence-electron chi connectivity index (χ1n) is 13.2. The molecular formula is C37H21NO2. The Morgan fingerprint density at radius 3 is 1.62 bits per heavy atom. The van der Waals surface area contributed by atoms with Crippen molar-refractivity contribution in [1.82, 2.24) is 0 Å². The molecule has 40 heavy (non-hydrogen) atoms. The molecule has 0 aliphatic carbocycles. The van der Waals surface area contributed by atoms with Gasteiger partial charge in [-0.15, -0.1) is 0 Å². The molecule has 6 aromatic carbocycles. The van der Waals surface area contributed by atoms with Crippen molar-refractivity contribution in [1.29, 1.82) is 5.26 Å². The van der Waals surface area contributed by atoms with Gasteiger partial charge in [-0.3, -0.25) is 0 Å². The van der Waals surface area contributed by atoms with Crippen LogP contribution >= 0.6 is 0 Å². The molecule has 2 heterocycles. The quantitative estimate of drug-likeness (QED) is 0.237. The Balaban J connectivity index is 1.36. The predicted molar refractivity (Wildman–Crippen MR) is 162 cm³/mol. The highest BCUT2D eigenvalue weighted by Gasteiger charge is 2.18. The van der Waals surface area contributed by atoms with Crippen LogP contribution in [-0.2, 0) is 0 Å². The number of nitrogens with zero attached hydrogens (tertiary/aromatic N) is 1. The van der Waals surface area contributed by atoms with E-state index in [4.69, 9.17) is 8.83 Å². The van der Waals surface area contributed by atoms with Crippen LogP contribution in [0.1, 0.15) is 5.56 Å². The van der Waals surface area contributed by atoms with Gasteiger partial charge in [0.1, 0.15) is 22.3 Å². The van der Waals surface area contributed by atoms with E-state index in [-0.39, 0.29) is 0 Å². The van der Waals surface area contributed by atoms with Gasteiger partial charge in [-0.05, 0) is 76.3 Å². The SMILES string of the molecule is N#Cc1cc(-c2ccc3c(c2)oc2ccccc23)cc(-c2ccccc2)c1-c1ccc2c(c1)oc1ccccc12. The summed E-state index contributed by atoms with van der Waals surface area (Å²) in [6.45, 7) is 0. The molecule has 0 N–H and O–H groups in total. The normalized spacial score (nSPS) is 11.5. The molecule has 0 amide bonds. The maximum Gasteiger partial charge on any atom is 0.136 e. The first-order valence-corrected chi connectivity index (χ1v) is 13.2. The molecule has 0 radical (unpaired) electrons. The lowest BCUT2D eigenvalue weighted by Crippen LogP contribution is -1.93. The smallest absolute Gasteiger partial charge is 0.136 e. The molecule has 0 aliphatic rings. The zero-order valence-corrected chi connectivity index (χ0v) is 21.4. The standard InChI is InChI=1S/C37H21NO2/c38-22-27-18-26(24-14-16-30-28-10-4-6-12-33(28)39-35(30)20-24)19-32(23-8-2-1-3-9-23)37(27)25-15-17-31-29-11-5-7-13-34(29)40-36(31)21-25/h1-21H. The Bertz CT molecular complexity index is 2280. The van der Waals surface area contributed by atoms with Crippen molar-refractivity contribution in [2.45, 2.75) is 0 Å². The number of rotatable bonds is 3. The Labute approximate surface area is 230 Å². The zero-order chi connectivity index (χ0) is 26.6. The van der Waals surface area contributed by atoms with Crippen LogP contribution in [0.25, 0.3) is 77.3 Å². The summed E-state index contributed by atoms with van der Waals surface area (Å²) >= 11 is 0. The van der Waals surface area contributed by atoms with Gasteiger partial charge in [0.05, 0.1) is 11.6 Å². The number of hydrogen-bond acceptors (Lipinski definition) is 3. The number of hydrogen-bond donors (Lipinski definition) is 0. The summed E-state index contributed by atoms with van der Waals surface area (Å²) in [7, 11) is 0. The molecule has 3 nitrogen and oxygen atoms in total. The second-order valence-corrected chi connectivity index (χ2v) is 10.0. The molecule has 2 aromatic heterocycles. The molecule has 0 saturated carbocycles. The number of para-hydroxylation sites is 2. The Hall–Kier alpha value is -5.59. The number of nitriles is 1. The topological polar surface area (TPSA) is 50.1 Å². The Morgan fingerprint density at radius 1 is 0.425 bits per heavy atom. The summed E-state index contributed by atoms with van der Waals surface area (Å²) in [5, 5.41) is 14.8. The molecule has 8 aromatic rings. The van der Waals surface area contributed by atoms with Gasteiger partial charge < -0.3 is 8.83 Å². The largest absolute Gasteiger partial charge is 0.456 e. The average Bonchev–Trinajstić information content (AvgIpc) is 3.58. The van der Waals surface area contributed by atoms with Crippen LogP contribution in [0.4, 0.5) is 0 Å². The summed E-state index contributed by atoms with van der Waals surface area (Å²) in [5.41, 5.74) is 9.82. The van der Waals surface area contributed by atoms with Gasteiger partial charge in [-0.25, -0.2) is 0 Å². The molecule has 0 saturated heterocycles. The maximum atomic E-state index is 10.4. The average molecular weight is 512 g/mol. The van der Waals surface area contributed by atoms with Gasteiger partial charge in [-0.2, -0.15) is 5.26 Å². The van der Waals surface area contributed by atoms with Crippen LogP contribution in [0.2, 0.25) is 0 Å². The molecule has 0 spiro atoms. The minimum atomic E-state index is 0.608. The highest BCUT2D eigenvalue weighted by Crippen LogP contribution is 2.41. The predicted octanol–water partition coefficient (Wildman–Crippen LogP) is 10.4. The van der Waals surface area contributed by atoms with Gasteiger partial charge >= 0.3 is 0 Å². The minimum Gasteiger partial charge on any atom is -0.456 e. The molecular weight excluding hydrogens is 490 g/mol. The van der Waals surface area contributed by atoms with Crippen molar-refractivity contribution in [3.05, 3.63) is 133 Å². The Morgan fingerprint density at radius 2 is 0.975 bits per heavy atom. The van der Waals surface area contributed by atoms with Crippen molar-refractivity contribution in [2.24, 2.45) is 0 Å². The van der Waals surface area contributed by atoms with Crippen LogP contribution in [0.3, 0.4) is 0 Å². The second-order valence-electron chi connectivity index (χ2n) is 10.0. The fourth-order valence-corrected chi connectivity index (χ4v) is 5.84. The molecule has 0 fully saturated rings. The first-order chi connectivity index (χ1) is 19.8. The highest BCUT2D eigenvalue weighted by atomic mass is 16.3. The fraction of sp³-hybridized carbons (Fsp3) is 0. The van der Waals surface area contributed by atoms with Crippen LogP contribution < -0.4 is 0 Å². The van der Waals surface area contributed by atoms with E-state index in [2.05, 4.69) is 72.8 Å². The zero-order valence-electron chi connectivity index (χ0n) is 21.4. The van der Waals surface area contributed by atoms with Crippen LogP contribution in [-0.4, -0.2) is 0 Å². The van der Waals surface area contributed by atoms with Gasteiger partial charge in [0.25, 0.3) is 0 Å². The van der Waals surface area contributed by atoms with Crippen molar-refractivity contribution >= 4 is 43.9 Å². The van der Waals surface area contributed by atoms with Crippen LogP contribution in [0.15, 0.2) is 136 Å². The lowest BCUT2D eigenvalue weighted by atomic mass is 9.87. The van der Waals surface area contributed by atoms with Gasteiger partial charge in [0.2, 0.25) is 0 Å². The third-order valence-electron chi connectivity index (χ3n) is 7.72. The summed E-state index contributed by atoms with van der Waals surface area (Å²) in [6.07, 6.45) is 0. The maximum absolute atomic E-state index is 10.4. The van der Waals surface area contributed by atoms with E-state index in [1.165, 1.54) is 0 Å². The number of fused-ring (bicyclic) bond motifs is 6. The van der Waals surface area contributed by atoms with Gasteiger partial charge in [-0.1, -0.05) is 78.9 Å². The molecule has 0 bridgehead atoms. The van der Waals surface area contributed by atoms with E-state index in [0.29, 0.717) is 5.56 Å². The van der Waals surface area contributed by atoms with Gasteiger partial charge in [0, 0.05) is 27.1 Å². The van der Waals surface area contributed by atoms with Crippen LogP contribution in [0.5, 0.6) is 0 Å². The van der Waals surface area contributed by atoms with E-state index in [0.717, 1.165) is 77.3 Å². The highest BCUT2D eigenvalue weighted by molar-refractivity contribution is 6.07. The lowest BCUT2D eigenvalue weighted by molar-refractivity contribution is 0.668. The third-order valence-corrected chi connectivity index (χ3v) is 7.72. The Kier molecular flexibility index (Phi) is 4.89. The summed E-state index contributed by atoms with van der Waals surface area (Å²) in [4.78, 5) is 0. The van der Waals surface area contributed by atoms with Crippen molar-refractivity contribution in [2.75, 3.05) is 0 Å². The lowest BCUT2D eigenvalue weighted by Gasteiger charge is -2.15. The van der Waals surface area contributed by atoms with Crippen molar-refractivity contribution in [3.63, 3.8) is 0 Å². The van der Waals surface area contributed by atoms with E-state index in [1.807, 2.05) is 60.7 Å². The molecule has 0 aliphatic heterocycles. The van der Waals surface area contributed by atoms with E-state index < -0.39 is 0 Å². The first kappa shape index (κ1) is 22.4. The summed E-state index contributed by atoms with van der Waals surface area (Å²) < 4.78 is 12.4. The summed E-state index contributed by atoms with van der Waals surface area (Å²) in [6, 6.07) is 45.6. The van der Waals surface area contributed by atoms with E-state index >= 15 is 0 Å². The minimum absolute atomic E-state index is 0.608. The second kappa shape index (κ2) is 8.73. The van der Waals surface area contributed by atoms with Gasteiger partial charge in [0.15, 0.2) is 0 Å². The number of benzene rings is 6. The van der Waals surface area contributed by atoms with E-state index in [1.54, 1.807) is 0 Å². The monoisotopic (exact) mass is 511 g/mol. The molecule has 0 atom stereocenters. The molecule has 3 heteroatoms. The van der Waals surface area contributed by atoms with E-state index in [9.17, 15) is 5.26 Å².